The second-order valence-corrected chi connectivity index (χ2v) is 5.91. The maximum atomic E-state index is 13.3. The van der Waals surface area contributed by atoms with Crippen LogP contribution in [0.5, 0.6) is 0 Å². The number of hydrogen-bond acceptors (Lipinski definition) is 3. The van der Waals surface area contributed by atoms with Crippen molar-refractivity contribution in [2.45, 2.75) is 13.0 Å². The van der Waals surface area contributed by atoms with E-state index >= 15 is 0 Å². The first-order chi connectivity index (χ1) is 11.5. The van der Waals surface area contributed by atoms with Gasteiger partial charge in [0.1, 0.15) is 11.4 Å². The molecular weight excluding hydrogens is 333 g/mol. The van der Waals surface area contributed by atoms with Crippen LogP contribution in [0, 0.1) is 12.7 Å². The van der Waals surface area contributed by atoms with Gasteiger partial charge in [0.25, 0.3) is 5.91 Å². The van der Waals surface area contributed by atoms with Crippen molar-refractivity contribution in [3.63, 3.8) is 0 Å². The van der Waals surface area contributed by atoms with E-state index in [1.807, 2.05) is 0 Å². The van der Waals surface area contributed by atoms with Gasteiger partial charge in [-0.05, 0) is 42.8 Å². The van der Waals surface area contributed by atoms with Gasteiger partial charge in [0.2, 0.25) is 0 Å². The standard InChI is InChI=1S/C18H15ClFNO3/c1-10-14-8-13(20)6-7-16(14)24-17(10)18(23)21-9-15(22)11-2-4-12(19)5-3-11/h2-8,15,22H,9H2,1H3,(H,21,23). The second kappa shape index (κ2) is 6.63. The van der Waals surface area contributed by atoms with Crippen LogP contribution in [0.15, 0.2) is 46.9 Å². The van der Waals surface area contributed by atoms with E-state index in [-0.39, 0.29) is 12.3 Å². The third-order valence-corrected chi connectivity index (χ3v) is 4.07. The summed E-state index contributed by atoms with van der Waals surface area (Å²) in [5.74, 6) is -0.743. The monoisotopic (exact) mass is 347 g/mol. The molecule has 1 atom stereocenters. The molecule has 1 unspecified atom stereocenters. The lowest BCUT2D eigenvalue weighted by Crippen LogP contribution is -2.28. The van der Waals surface area contributed by atoms with E-state index in [1.165, 1.54) is 18.2 Å². The quantitative estimate of drug-likeness (QED) is 0.750. The minimum absolute atomic E-state index is 0.0192. The normalized spacial score (nSPS) is 12.3. The molecule has 0 saturated heterocycles. The van der Waals surface area contributed by atoms with E-state index in [1.54, 1.807) is 31.2 Å². The number of benzene rings is 2. The minimum Gasteiger partial charge on any atom is -0.451 e. The number of hydrogen-bond donors (Lipinski definition) is 2. The number of carbonyl (C=O) groups is 1. The highest BCUT2D eigenvalue weighted by Gasteiger charge is 2.19. The molecule has 1 amide bonds. The van der Waals surface area contributed by atoms with Crippen molar-refractivity contribution in [1.29, 1.82) is 0 Å². The lowest BCUT2D eigenvalue weighted by Gasteiger charge is -2.12. The molecule has 0 bridgehead atoms. The molecule has 0 fully saturated rings. The van der Waals surface area contributed by atoms with E-state index in [2.05, 4.69) is 5.32 Å². The van der Waals surface area contributed by atoms with Crippen LogP contribution in [-0.2, 0) is 0 Å². The number of fused-ring (bicyclic) bond motifs is 1. The van der Waals surface area contributed by atoms with Crippen LogP contribution in [0.2, 0.25) is 5.02 Å². The summed E-state index contributed by atoms with van der Waals surface area (Å²) in [4.78, 5) is 12.3. The van der Waals surface area contributed by atoms with E-state index in [9.17, 15) is 14.3 Å². The number of aliphatic hydroxyl groups is 1. The van der Waals surface area contributed by atoms with Crippen molar-refractivity contribution < 1.29 is 18.7 Å². The van der Waals surface area contributed by atoms with E-state index in [0.717, 1.165) is 0 Å². The molecule has 3 aromatic rings. The summed E-state index contributed by atoms with van der Waals surface area (Å²) in [6.45, 7) is 1.71. The molecule has 1 aromatic heterocycles. The largest absolute Gasteiger partial charge is 0.451 e. The van der Waals surface area contributed by atoms with Crippen molar-refractivity contribution in [3.05, 3.63) is 70.2 Å². The summed E-state index contributed by atoms with van der Waals surface area (Å²) >= 11 is 5.80. The topological polar surface area (TPSA) is 62.5 Å². The molecule has 0 saturated carbocycles. The SMILES string of the molecule is Cc1c(C(=O)NCC(O)c2ccc(Cl)cc2)oc2ccc(F)cc12. The van der Waals surface area contributed by atoms with E-state index < -0.39 is 17.8 Å². The smallest absolute Gasteiger partial charge is 0.287 e. The predicted molar refractivity (Wildman–Crippen MR) is 89.7 cm³/mol. The number of rotatable bonds is 4. The Balaban J connectivity index is 1.73. The first kappa shape index (κ1) is 16.5. The van der Waals surface area contributed by atoms with Gasteiger partial charge in [0.05, 0.1) is 6.10 Å². The highest BCUT2D eigenvalue weighted by atomic mass is 35.5. The van der Waals surface area contributed by atoms with Crippen molar-refractivity contribution in [2.24, 2.45) is 0 Å². The van der Waals surface area contributed by atoms with Crippen LogP contribution in [0.1, 0.15) is 27.8 Å². The Labute approximate surface area is 142 Å². The third-order valence-electron chi connectivity index (χ3n) is 3.82. The van der Waals surface area contributed by atoms with Gasteiger partial charge < -0.3 is 14.8 Å². The van der Waals surface area contributed by atoms with Gasteiger partial charge >= 0.3 is 0 Å². The van der Waals surface area contributed by atoms with Gasteiger partial charge in [0.15, 0.2) is 5.76 Å². The van der Waals surface area contributed by atoms with Crippen LogP contribution in [0.4, 0.5) is 4.39 Å². The molecule has 0 aliphatic rings. The second-order valence-electron chi connectivity index (χ2n) is 5.47. The molecule has 0 radical (unpaired) electrons. The molecule has 24 heavy (non-hydrogen) atoms. The average molecular weight is 348 g/mol. The number of carbonyl (C=O) groups excluding carboxylic acids is 1. The average Bonchev–Trinajstić information content (AvgIpc) is 2.89. The highest BCUT2D eigenvalue weighted by Crippen LogP contribution is 2.26. The Bertz CT molecular complexity index is 889. The molecule has 1 heterocycles. The minimum atomic E-state index is -0.867. The van der Waals surface area contributed by atoms with Gasteiger partial charge in [-0.15, -0.1) is 0 Å². The summed E-state index contributed by atoms with van der Waals surface area (Å²) in [6, 6.07) is 10.8. The van der Waals surface area contributed by atoms with Crippen molar-refractivity contribution in [3.8, 4) is 0 Å². The van der Waals surface area contributed by atoms with E-state index in [4.69, 9.17) is 16.0 Å². The Morgan fingerprint density at radius 1 is 1.29 bits per heavy atom. The lowest BCUT2D eigenvalue weighted by molar-refractivity contribution is 0.0890. The Morgan fingerprint density at radius 2 is 2.00 bits per heavy atom. The van der Waals surface area contributed by atoms with Gasteiger partial charge in [-0.3, -0.25) is 4.79 Å². The maximum Gasteiger partial charge on any atom is 0.287 e. The molecular formula is C18H15ClFNO3. The summed E-state index contributed by atoms with van der Waals surface area (Å²) in [6.07, 6.45) is -0.867. The molecule has 3 rings (SSSR count). The number of furan rings is 1. The van der Waals surface area contributed by atoms with Crippen LogP contribution in [0.3, 0.4) is 0 Å². The number of nitrogens with one attached hydrogen (secondary N) is 1. The van der Waals surface area contributed by atoms with E-state index in [0.29, 0.717) is 27.1 Å². The molecule has 2 N–H and O–H groups in total. The molecule has 6 heteroatoms. The number of aryl methyl sites for hydroxylation is 1. The number of halogens is 2. The van der Waals surface area contributed by atoms with Gasteiger partial charge in [0, 0.05) is 22.5 Å². The molecule has 0 spiro atoms. The third kappa shape index (κ3) is 3.27. The van der Waals surface area contributed by atoms with Gasteiger partial charge in [-0.1, -0.05) is 23.7 Å². The van der Waals surface area contributed by atoms with Crippen LogP contribution >= 0.6 is 11.6 Å². The van der Waals surface area contributed by atoms with Crippen LogP contribution in [0.25, 0.3) is 11.0 Å². The van der Waals surface area contributed by atoms with Crippen LogP contribution < -0.4 is 5.32 Å². The predicted octanol–water partition coefficient (Wildman–Crippen LogP) is 4.00. The summed E-state index contributed by atoms with van der Waals surface area (Å²) in [5, 5.41) is 13.9. The van der Waals surface area contributed by atoms with Gasteiger partial charge in [-0.2, -0.15) is 0 Å². The zero-order valence-electron chi connectivity index (χ0n) is 12.8. The first-order valence-corrected chi connectivity index (χ1v) is 7.74. The fraction of sp³-hybridized carbons (Fsp3) is 0.167. The summed E-state index contributed by atoms with van der Waals surface area (Å²) in [5.41, 5.74) is 1.64. The zero-order valence-corrected chi connectivity index (χ0v) is 13.6. The Morgan fingerprint density at radius 3 is 2.71 bits per heavy atom. The Hall–Kier alpha value is -2.37. The molecule has 4 nitrogen and oxygen atoms in total. The number of amides is 1. The maximum absolute atomic E-state index is 13.3. The Kier molecular flexibility index (Phi) is 4.55. The highest BCUT2D eigenvalue weighted by molar-refractivity contribution is 6.30. The molecule has 0 aliphatic heterocycles. The first-order valence-electron chi connectivity index (χ1n) is 7.36. The van der Waals surface area contributed by atoms with Crippen molar-refractivity contribution >= 4 is 28.5 Å². The zero-order chi connectivity index (χ0) is 17.3. The fourth-order valence-electron chi connectivity index (χ4n) is 2.48. The fourth-order valence-corrected chi connectivity index (χ4v) is 2.61. The van der Waals surface area contributed by atoms with Crippen molar-refractivity contribution in [1.82, 2.24) is 5.32 Å². The summed E-state index contributed by atoms with van der Waals surface area (Å²) in [7, 11) is 0. The molecule has 0 aliphatic carbocycles. The van der Waals surface area contributed by atoms with Crippen LogP contribution in [-0.4, -0.2) is 17.6 Å². The molecule has 2 aromatic carbocycles. The lowest BCUT2D eigenvalue weighted by atomic mass is 10.1. The molecule has 124 valence electrons. The van der Waals surface area contributed by atoms with Crippen molar-refractivity contribution in [2.75, 3.05) is 6.54 Å². The summed E-state index contributed by atoms with van der Waals surface area (Å²) < 4.78 is 18.8. The van der Waals surface area contributed by atoms with Gasteiger partial charge in [-0.25, -0.2) is 4.39 Å². The number of aliphatic hydroxyl groups excluding tert-OH is 1.